The Morgan fingerprint density at radius 2 is 1.95 bits per heavy atom. The lowest BCUT2D eigenvalue weighted by Crippen LogP contribution is -2.18. The molecule has 0 aliphatic heterocycles. The first-order valence-electron chi connectivity index (χ1n) is 5.53. The Bertz CT molecular complexity index is 795. The van der Waals surface area contributed by atoms with Gasteiger partial charge in [-0.1, -0.05) is 0 Å². The molecule has 8 heteroatoms. The molecule has 2 rings (SSSR count). The van der Waals surface area contributed by atoms with Gasteiger partial charge in [0.1, 0.15) is 5.82 Å². The van der Waals surface area contributed by atoms with Gasteiger partial charge in [0.2, 0.25) is 5.56 Å². The first kappa shape index (κ1) is 14.1. The van der Waals surface area contributed by atoms with Gasteiger partial charge in [-0.2, -0.15) is 0 Å². The van der Waals surface area contributed by atoms with Crippen molar-refractivity contribution in [1.29, 1.82) is 0 Å². The lowest BCUT2D eigenvalue weighted by Gasteiger charge is -2.09. The van der Waals surface area contributed by atoms with Crippen molar-refractivity contribution >= 4 is 21.4 Å². The third kappa shape index (κ3) is 2.97. The molecule has 0 aliphatic rings. The number of rotatable bonds is 3. The molecular formula is C12H12FN3O3S. The number of pyridine rings is 1. The Hall–Kier alpha value is -2.35. The second kappa shape index (κ2) is 4.97. The van der Waals surface area contributed by atoms with Crippen LogP contribution in [0.2, 0.25) is 0 Å². The normalized spacial score (nSPS) is 11.3. The minimum atomic E-state index is -3.97. The number of nitrogens with zero attached hydrogens (tertiary/aromatic N) is 1. The fourth-order valence-electron chi connectivity index (χ4n) is 1.61. The Balaban J connectivity index is 2.40. The summed E-state index contributed by atoms with van der Waals surface area (Å²) in [5.41, 5.74) is 5.34. The smallest absolute Gasteiger partial charge is 0.262 e. The van der Waals surface area contributed by atoms with Gasteiger partial charge >= 0.3 is 0 Å². The van der Waals surface area contributed by atoms with E-state index in [9.17, 15) is 17.6 Å². The maximum Gasteiger partial charge on any atom is 0.262 e. The van der Waals surface area contributed by atoms with Gasteiger partial charge in [-0.15, -0.1) is 0 Å². The average Bonchev–Trinajstić information content (AvgIpc) is 2.32. The zero-order valence-electron chi connectivity index (χ0n) is 10.5. The Morgan fingerprint density at radius 3 is 2.55 bits per heavy atom. The van der Waals surface area contributed by atoms with Gasteiger partial charge in [-0.25, -0.2) is 12.8 Å². The quantitative estimate of drug-likeness (QED) is 0.823. The van der Waals surface area contributed by atoms with Crippen LogP contribution >= 0.6 is 0 Å². The predicted molar refractivity (Wildman–Crippen MR) is 73.3 cm³/mol. The number of hydrogen-bond acceptors (Lipinski definition) is 4. The van der Waals surface area contributed by atoms with Crippen LogP contribution in [-0.2, 0) is 17.1 Å². The topological polar surface area (TPSA) is 94.2 Å². The molecule has 2 aromatic rings. The van der Waals surface area contributed by atoms with Gasteiger partial charge in [-0.05, 0) is 24.3 Å². The second-order valence-electron chi connectivity index (χ2n) is 4.19. The number of nitrogens with one attached hydrogen (secondary N) is 1. The van der Waals surface area contributed by atoms with E-state index in [-0.39, 0.29) is 21.8 Å². The molecule has 0 fully saturated rings. The van der Waals surface area contributed by atoms with Gasteiger partial charge in [0.05, 0.1) is 10.6 Å². The molecule has 0 amide bonds. The Kier molecular flexibility index (Phi) is 3.49. The van der Waals surface area contributed by atoms with E-state index >= 15 is 0 Å². The SMILES string of the molecule is Cn1cc(NS(=O)(=O)c2cc(N)cc(F)c2)ccc1=O. The summed E-state index contributed by atoms with van der Waals surface area (Å²) in [4.78, 5) is 10.9. The first-order valence-corrected chi connectivity index (χ1v) is 7.02. The number of anilines is 2. The molecule has 20 heavy (non-hydrogen) atoms. The maximum atomic E-state index is 13.2. The highest BCUT2D eigenvalue weighted by Gasteiger charge is 2.16. The van der Waals surface area contributed by atoms with Crippen LogP contribution in [-0.4, -0.2) is 13.0 Å². The largest absolute Gasteiger partial charge is 0.399 e. The van der Waals surface area contributed by atoms with Gasteiger partial charge in [0.15, 0.2) is 0 Å². The van der Waals surface area contributed by atoms with Crippen molar-refractivity contribution in [2.45, 2.75) is 4.90 Å². The number of nitrogen functional groups attached to an aromatic ring is 1. The minimum absolute atomic E-state index is 0.00540. The molecule has 0 spiro atoms. The van der Waals surface area contributed by atoms with Crippen LogP contribution in [0.15, 0.2) is 46.2 Å². The van der Waals surface area contributed by atoms with E-state index in [1.807, 2.05) is 0 Å². The molecule has 0 aliphatic carbocycles. The fourth-order valence-corrected chi connectivity index (χ4v) is 2.72. The lowest BCUT2D eigenvalue weighted by molar-refractivity contribution is 0.595. The van der Waals surface area contributed by atoms with Crippen molar-refractivity contribution in [2.75, 3.05) is 10.5 Å². The third-order valence-corrected chi connectivity index (χ3v) is 3.90. The van der Waals surface area contributed by atoms with Crippen LogP contribution in [0.1, 0.15) is 0 Å². The summed E-state index contributed by atoms with van der Waals surface area (Å²) in [5, 5.41) is 0. The number of hydrogen-bond donors (Lipinski definition) is 2. The van der Waals surface area contributed by atoms with E-state index < -0.39 is 15.8 Å². The third-order valence-electron chi connectivity index (χ3n) is 2.54. The summed E-state index contributed by atoms with van der Waals surface area (Å²) >= 11 is 0. The number of benzene rings is 1. The number of halogens is 1. The summed E-state index contributed by atoms with van der Waals surface area (Å²) in [6.07, 6.45) is 1.32. The van der Waals surface area contributed by atoms with Gasteiger partial charge in [-0.3, -0.25) is 9.52 Å². The molecular weight excluding hydrogens is 285 g/mol. The second-order valence-corrected chi connectivity index (χ2v) is 5.88. The Labute approximate surface area is 114 Å². The zero-order valence-corrected chi connectivity index (χ0v) is 11.3. The van der Waals surface area contributed by atoms with Crippen LogP contribution in [0.5, 0.6) is 0 Å². The molecule has 6 nitrogen and oxygen atoms in total. The number of aryl methyl sites for hydroxylation is 1. The van der Waals surface area contributed by atoms with Crippen molar-refractivity contribution < 1.29 is 12.8 Å². The standard InChI is InChI=1S/C12H12FN3O3S/c1-16-7-10(2-3-12(16)17)15-20(18,19)11-5-8(13)4-9(14)6-11/h2-7,15H,14H2,1H3. The highest BCUT2D eigenvalue weighted by Crippen LogP contribution is 2.18. The van der Waals surface area contributed by atoms with Gasteiger partial charge in [0.25, 0.3) is 10.0 Å². The van der Waals surface area contributed by atoms with Crippen molar-refractivity contribution in [1.82, 2.24) is 4.57 Å². The molecule has 1 aromatic heterocycles. The molecule has 0 radical (unpaired) electrons. The molecule has 0 saturated heterocycles. The number of sulfonamides is 1. The van der Waals surface area contributed by atoms with E-state index in [4.69, 9.17) is 5.73 Å². The van der Waals surface area contributed by atoms with Crippen LogP contribution < -0.4 is 16.0 Å². The summed E-state index contributed by atoms with van der Waals surface area (Å²) in [6.45, 7) is 0. The van der Waals surface area contributed by atoms with Crippen LogP contribution in [0, 0.1) is 5.82 Å². The molecule has 0 bridgehead atoms. The average molecular weight is 297 g/mol. The van der Waals surface area contributed by atoms with Gasteiger partial charge < -0.3 is 10.3 Å². The molecule has 1 heterocycles. The fraction of sp³-hybridized carbons (Fsp3) is 0.0833. The monoisotopic (exact) mass is 297 g/mol. The van der Waals surface area contributed by atoms with E-state index in [0.29, 0.717) is 0 Å². The summed E-state index contributed by atoms with van der Waals surface area (Å²) < 4.78 is 40.8. The van der Waals surface area contributed by atoms with E-state index in [0.717, 1.165) is 18.2 Å². The van der Waals surface area contributed by atoms with E-state index in [1.54, 1.807) is 0 Å². The van der Waals surface area contributed by atoms with Crippen LogP contribution in [0.4, 0.5) is 15.8 Å². The Morgan fingerprint density at radius 1 is 1.25 bits per heavy atom. The van der Waals surface area contributed by atoms with Crippen LogP contribution in [0.3, 0.4) is 0 Å². The van der Waals surface area contributed by atoms with Crippen molar-refractivity contribution in [3.63, 3.8) is 0 Å². The number of nitrogens with two attached hydrogens (primary N) is 1. The number of aromatic nitrogens is 1. The van der Waals surface area contributed by atoms with E-state index in [2.05, 4.69) is 4.72 Å². The van der Waals surface area contributed by atoms with Gasteiger partial charge in [0, 0.05) is 25.0 Å². The first-order chi connectivity index (χ1) is 9.28. The van der Waals surface area contributed by atoms with Crippen molar-refractivity contribution in [3.8, 4) is 0 Å². The lowest BCUT2D eigenvalue weighted by atomic mass is 10.3. The molecule has 0 unspecified atom stereocenters. The molecule has 1 aromatic carbocycles. The molecule has 0 atom stereocenters. The van der Waals surface area contributed by atoms with Crippen LogP contribution in [0.25, 0.3) is 0 Å². The zero-order chi connectivity index (χ0) is 14.9. The van der Waals surface area contributed by atoms with Crippen molar-refractivity contribution in [2.24, 2.45) is 7.05 Å². The molecule has 106 valence electrons. The minimum Gasteiger partial charge on any atom is -0.399 e. The summed E-state index contributed by atoms with van der Waals surface area (Å²) in [6, 6.07) is 5.57. The maximum absolute atomic E-state index is 13.2. The molecule has 3 N–H and O–H groups in total. The predicted octanol–water partition coefficient (Wildman–Crippen LogP) is 0.907. The van der Waals surface area contributed by atoms with Crippen molar-refractivity contribution in [3.05, 3.63) is 52.7 Å². The highest BCUT2D eigenvalue weighted by molar-refractivity contribution is 7.92. The molecule has 0 saturated carbocycles. The summed E-state index contributed by atoms with van der Waals surface area (Å²) in [7, 11) is -2.49. The highest BCUT2D eigenvalue weighted by atomic mass is 32.2. The van der Waals surface area contributed by atoms with E-state index in [1.165, 1.54) is 29.9 Å². The summed E-state index contributed by atoms with van der Waals surface area (Å²) in [5.74, 6) is -0.745.